The average Bonchev–Trinajstić information content (AvgIpc) is 2.71. The van der Waals surface area contributed by atoms with Gasteiger partial charge in [0.15, 0.2) is 0 Å². The molecule has 18 heavy (non-hydrogen) atoms. The van der Waals surface area contributed by atoms with Gasteiger partial charge in [0.05, 0.1) is 5.92 Å². The Kier molecular flexibility index (Phi) is 3.58. The summed E-state index contributed by atoms with van der Waals surface area (Å²) in [5.41, 5.74) is 1.28. The van der Waals surface area contributed by atoms with Crippen LogP contribution in [0.1, 0.15) is 18.2 Å². The van der Waals surface area contributed by atoms with Gasteiger partial charge in [-0.3, -0.25) is 9.69 Å². The first-order valence-corrected chi connectivity index (χ1v) is 5.91. The van der Waals surface area contributed by atoms with Crippen molar-refractivity contribution in [3.63, 3.8) is 0 Å². The van der Waals surface area contributed by atoms with Crippen molar-refractivity contribution in [3.05, 3.63) is 29.6 Å². The van der Waals surface area contributed by atoms with Gasteiger partial charge >= 0.3 is 5.97 Å². The molecule has 0 spiro atoms. The largest absolute Gasteiger partial charge is 0.481 e. The van der Waals surface area contributed by atoms with Crippen molar-refractivity contribution in [1.29, 1.82) is 5.26 Å². The zero-order chi connectivity index (χ0) is 13.1. The Bertz CT molecular complexity index is 495. The maximum absolute atomic E-state index is 11.0. The number of nitrogens with zero attached hydrogens (tertiary/aromatic N) is 3. The lowest BCUT2D eigenvalue weighted by atomic mass is 9.99. The molecule has 2 atom stereocenters. The minimum Gasteiger partial charge on any atom is -0.481 e. The van der Waals surface area contributed by atoms with Crippen LogP contribution in [0.25, 0.3) is 0 Å². The van der Waals surface area contributed by atoms with Crippen molar-refractivity contribution in [3.8, 4) is 6.07 Å². The van der Waals surface area contributed by atoms with Gasteiger partial charge in [-0.05, 0) is 12.0 Å². The normalized spacial score (nSPS) is 23.8. The summed E-state index contributed by atoms with van der Waals surface area (Å²) in [6.45, 7) is 3.82. The molecule has 1 aliphatic heterocycles. The molecule has 94 valence electrons. The molecule has 1 saturated heterocycles. The second-order valence-corrected chi connectivity index (χ2v) is 4.74. The molecule has 0 bridgehead atoms. The summed E-state index contributed by atoms with van der Waals surface area (Å²) in [5.74, 6) is -0.909. The lowest BCUT2D eigenvalue weighted by Crippen LogP contribution is -2.23. The fraction of sp³-hybridized carbons (Fsp3) is 0.462. The van der Waals surface area contributed by atoms with E-state index >= 15 is 0 Å². The first-order chi connectivity index (χ1) is 8.61. The Morgan fingerprint density at radius 1 is 1.67 bits per heavy atom. The minimum absolute atomic E-state index is 0.143. The Hall–Kier alpha value is -1.93. The molecule has 0 radical (unpaired) electrons. The summed E-state index contributed by atoms with van der Waals surface area (Å²) in [4.78, 5) is 17.1. The molecule has 0 aliphatic carbocycles. The number of hydrogen-bond donors (Lipinski definition) is 1. The van der Waals surface area contributed by atoms with Crippen molar-refractivity contribution in [2.24, 2.45) is 11.8 Å². The van der Waals surface area contributed by atoms with Crippen LogP contribution in [0.4, 0.5) is 0 Å². The molecule has 2 heterocycles. The van der Waals surface area contributed by atoms with Gasteiger partial charge in [0.1, 0.15) is 11.8 Å². The van der Waals surface area contributed by atoms with E-state index in [1.54, 1.807) is 12.3 Å². The second-order valence-electron chi connectivity index (χ2n) is 4.74. The molecule has 2 rings (SSSR count). The smallest absolute Gasteiger partial charge is 0.308 e. The number of hydrogen-bond acceptors (Lipinski definition) is 4. The van der Waals surface area contributed by atoms with Gasteiger partial charge in [-0.2, -0.15) is 5.26 Å². The number of carboxylic acids is 1. The Balaban J connectivity index is 2.08. The topological polar surface area (TPSA) is 77.2 Å². The third-order valence-electron chi connectivity index (χ3n) is 3.40. The zero-order valence-electron chi connectivity index (χ0n) is 10.2. The maximum Gasteiger partial charge on any atom is 0.308 e. The van der Waals surface area contributed by atoms with E-state index in [4.69, 9.17) is 10.4 Å². The molecule has 5 heteroatoms. The standard InChI is InChI=1S/C13H15N3O2/c1-9-6-16(8-11(9)13(17)18)7-10-3-2-4-15-12(10)5-14/h2-4,9,11H,6-8H2,1H3,(H,17,18)/t9-,11-/m1/s1. The van der Waals surface area contributed by atoms with Crippen LogP contribution in [0.5, 0.6) is 0 Å². The third kappa shape index (κ3) is 2.49. The number of nitriles is 1. The van der Waals surface area contributed by atoms with E-state index in [9.17, 15) is 4.79 Å². The predicted molar refractivity (Wildman–Crippen MR) is 64.5 cm³/mol. The van der Waals surface area contributed by atoms with Gasteiger partial charge in [-0.1, -0.05) is 13.0 Å². The van der Waals surface area contributed by atoms with Gasteiger partial charge in [0.2, 0.25) is 0 Å². The van der Waals surface area contributed by atoms with E-state index in [2.05, 4.69) is 16.0 Å². The van der Waals surface area contributed by atoms with E-state index in [1.165, 1.54) is 0 Å². The van der Waals surface area contributed by atoms with Crippen molar-refractivity contribution in [2.75, 3.05) is 13.1 Å². The molecule has 1 aromatic rings. The van der Waals surface area contributed by atoms with Crippen LogP contribution in [0.2, 0.25) is 0 Å². The van der Waals surface area contributed by atoms with Crippen LogP contribution in [-0.2, 0) is 11.3 Å². The van der Waals surface area contributed by atoms with Gasteiger partial charge < -0.3 is 5.11 Å². The summed E-state index contributed by atoms with van der Waals surface area (Å²) in [7, 11) is 0. The van der Waals surface area contributed by atoms with Gasteiger partial charge in [0.25, 0.3) is 0 Å². The first-order valence-electron chi connectivity index (χ1n) is 5.91. The highest BCUT2D eigenvalue weighted by molar-refractivity contribution is 5.71. The number of pyridine rings is 1. The average molecular weight is 245 g/mol. The summed E-state index contributed by atoms with van der Waals surface area (Å²) < 4.78 is 0. The van der Waals surface area contributed by atoms with Gasteiger partial charge in [-0.15, -0.1) is 0 Å². The van der Waals surface area contributed by atoms with Crippen molar-refractivity contribution < 1.29 is 9.90 Å². The molecule has 0 amide bonds. The molecular formula is C13H15N3O2. The fourth-order valence-electron chi connectivity index (χ4n) is 2.43. The molecule has 1 aliphatic rings. The Morgan fingerprint density at radius 2 is 2.44 bits per heavy atom. The molecule has 0 saturated carbocycles. The summed E-state index contributed by atoms with van der Waals surface area (Å²) in [6.07, 6.45) is 1.59. The maximum atomic E-state index is 11.0. The number of carboxylic acid groups (broad SMARTS) is 1. The lowest BCUT2D eigenvalue weighted by Gasteiger charge is -2.15. The summed E-state index contributed by atoms with van der Waals surface area (Å²) in [6, 6.07) is 5.72. The lowest BCUT2D eigenvalue weighted by molar-refractivity contribution is -0.142. The first kappa shape index (κ1) is 12.5. The van der Waals surface area contributed by atoms with E-state index < -0.39 is 5.97 Å². The highest BCUT2D eigenvalue weighted by Crippen LogP contribution is 2.24. The van der Waals surface area contributed by atoms with Crippen LogP contribution in [0.15, 0.2) is 18.3 Å². The van der Waals surface area contributed by atoms with Gasteiger partial charge in [-0.25, -0.2) is 4.98 Å². The number of carbonyl (C=O) groups is 1. The van der Waals surface area contributed by atoms with Crippen LogP contribution in [-0.4, -0.2) is 34.0 Å². The van der Waals surface area contributed by atoms with E-state index in [0.717, 1.165) is 12.1 Å². The van der Waals surface area contributed by atoms with Gasteiger partial charge in [0, 0.05) is 31.4 Å². The van der Waals surface area contributed by atoms with Crippen LogP contribution < -0.4 is 0 Å². The monoisotopic (exact) mass is 245 g/mol. The van der Waals surface area contributed by atoms with Crippen molar-refractivity contribution >= 4 is 5.97 Å². The Morgan fingerprint density at radius 3 is 3.06 bits per heavy atom. The quantitative estimate of drug-likeness (QED) is 0.863. The number of likely N-dealkylation sites (tertiary alicyclic amines) is 1. The molecular weight excluding hydrogens is 230 g/mol. The molecule has 0 unspecified atom stereocenters. The van der Waals surface area contributed by atoms with E-state index in [0.29, 0.717) is 18.8 Å². The van der Waals surface area contributed by atoms with Crippen LogP contribution in [0, 0.1) is 23.2 Å². The number of aliphatic carboxylic acids is 1. The van der Waals surface area contributed by atoms with E-state index in [-0.39, 0.29) is 11.8 Å². The summed E-state index contributed by atoms with van der Waals surface area (Å²) >= 11 is 0. The highest BCUT2D eigenvalue weighted by Gasteiger charge is 2.34. The Labute approximate surface area is 106 Å². The van der Waals surface area contributed by atoms with Crippen molar-refractivity contribution in [1.82, 2.24) is 9.88 Å². The SMILES string of the molecule is C[C@@H]1CN(Cc2cccnc2C#N)C[C@H]1C(=O)O. The van der Waals surface area contributed by atoms with Crippen molar-refractivity contribution in [2.45, 2.75) is 13.5 Å². The number of aromatic nitrogens is 1. The molecule has 5 nitrogen and oxygen atoms in total. The molecule has 1 aromatic heterocycles. The molecule has 1 N–H and O–H groups in total. The highest BCUT2D eigenvalue weighted by atomic mass is 16.4. The summed E-state index contributed by atoms with van der Waals surface area (Å²) in [5, 5.41) is 18.0. The number of rotatable bonds is 3. The molecule has 0 aromatic carbocycles. The fourth-order valence-corrected chi connectivity index (χ4v) is 2.43. The third-order valence-corrected chi connectivity index (χ3v) is 3.40. The molecule has 1 fully saturated rings. The zero-order valence-corrected chi connectivity index (χ0v) is 10.2. The second kappa shape index (κ2) is 5.15. The van der Waals surface area contributed by atoms with Crippen LogP contribution in [0.3, 0.4) is 0 Å². The predicted octanol–water partition coefficient (Wildman–Crippen LogP) is 1.11. The van der Waals surface area contributed by atoms with E-state index in [1.807, 2.05) is 13.0 Å². The van der Waals surface area contributed by atoms with Crippen LogP contribution >= 0.6 is 0 Å². The minimum atomic E-state index is -0.739.